The van der Waals surface area contributed by atoms with Gasteiger partial charge in [-0.1, -0.05) is 71.9 Å². The van der Waals surface area contributed by atoms with Crippen LogP contribution in [0, 0.1) is 5.92 Å². The summed E-state index contributed by atoms with van der Waals surface area (Å²) in [6.45, 7) is 12.3. The summed E-state index contributed by atoms with van der Waals surface area (Å²) in [7, 11) is 1.41. The number of benzene rings is 1. The highest BCUT2D eigenvalue weighted by Crippen LogP contribution is 2.16. The number of ether oxygens (including phenoxy) is 1. The number of esters is 1. The van der Waals surface area contributed by atoms with Crippen LogP contribution in [0.2, 0.25) is 0 Å². The SMILES string of the molecule is CC.CCC(C)C(=O)OC.CCC(C)c1ccccc1. The summed E-state index contributed by atoms with van der Waals surface area (Å²) >= 11 is 0. The fourth-order valence-corrected chi connectivity index (χ4v) is 1.39. The van der Waals surface area contributed by atoms with Crippen LogP contribution in [0.25, 0.3) is 0 Å². The van der Waals surface area contributed by atoms with Crippen LogP contribution in [-0.4, -0.2) is 13.1 Å². The summed E-state index contributed by atoms with van der Waals surface area (Å²) in [5.74, 6) is 0.647. The van der Waals surface area contributed by atoms with Crippen molar-refractivity contribution < 1.29 is 9.53 Å². The Kier molecular flexibility index (Phi) is 14.8. The van der Waals surface area contributed by atoms with E-state index in [1.165, 1.54) is 19.1 Å². The van der Waals surface area contributed by atoms with Crippen molar-refractivity contribution in [2.45, 2.75) is 60.3 Å². The summed E-state index contributed by atoms with van der Waals surface area (Å²) in [5.41, 5.74) is 1.45. The molecule has 0 saturated carbocycles. The van der Waals surface area contributed by atoms with Crippen molar-refractivity contribution in [3.05, 3.63) is 35.9 Å². The Morgan fingerprint density at radius 3 is 1.85 bits per heavy atom. The minimum absolute atomic E-state index is 0.0556. The van der Waals surface area contributed by atoms with Gasteiger partial charge in [0.2, 0.25) is 0 Å². The summed E-state index contributed by atoms with van der Waals surface area (Å²) in [6.07, 6.45) is 2.08. The molecule has 0 N–H and O–H groups in total. The van der Waals surface area contributed by atoms with Gasteiger partial charge in [0.25, 0.3) is 0 Å². The predicted octanol–water partition coefficient (Wildman–Crippen LogP) is 5.43. The van der Waals surface area contributed by atoms with Crippen LogP contribution in [-0.2, 0) is 9.53 Å². The fourth-order valence-electron chi connectivity index (χ4n) is 1.39. The maximum absolute atomic E-state index is 10.5. The molecule has 0 heterocycles. The van der Waals surface area contributed by atoms with E-state index in [1.807, 2.05) is 27.7 Å². The minimum Gasteiger partial charge on any atom is -0.469 e. The molecule has 0 saturated heterocycles. The van der Waals surface area contributed by atoms with Crippen molar-refractivity contribution in [1.82, 2.24) is 0 Å². The molecule has 0 spiro atoms. The molecule has 2 nitrogen and oxygen atoms in total. The molecule has 116 valence electrons. The Morgan fingerprint density at radius 2 is 1.55 bits per heavy atom. The molecular formula is C18H32O2. The zero-order chi connectivity index (χ0) is 16.0. The van der Waals surface area contributed by atoms with Gasteiger partial charge in [-0.2, -0.15) is 0 Å². The fraction of sp³-hybridized carbons (Fsp3) is 0.611. The maximum Gasteiger partial charge on any atom is 0.308 e. The van der Waals surface area contributed by atoms with E-state index in [0.717, 1.165) is 6.42 Å². The third-order valence-electron chi connectivity index (χ3n) is 3.20. The first kappa shape index (κ1) is 21.0. The average Bonchev–Trinajstić information content (AvgIpc) is 2.55. The summed E-state index contributed by atoms with van der Waals surface area (Å²) in [5, 5.41) is 0. The molecule has 0 fully saturated rings. The van der Waals surface area contributed by atoms with Crippen molar-refractivity contribution in [1.29, 1.82) is 0 Å². The van der Waals surface area contributed by atoms with E-state index in [-0.39, 0.29) is 11.9 Å². The van der Waals surface area contributed by atoms with Gasteiger partial charge in [0, 0.05) is 0 Å². The van der Waals surface area contributed by atoms with Gasteiger partial charge in [0.1, 0.15) is 0 Å². The normalized spacial score (nSPS) is 11.9. The van der Waals surface area contributed by atoms with Gasteiger partial charge >= 0.3 is 5.97 Å². The topological polar surface area (TPSA) is 26.3 Å². The molecule has 0 aliphatic heterocycles. The Morgan fingerprint density at radius 1 is 1.05 bits per heavy atom. The molecule has 2 atom stereocenters. The largest absolute Gasteiger partial charge is 0.469 e. The lowest BCUT2D eigenvalue weighted by atomic mass is 9.99. The molecule has 1 aromatic rings. The van der Waals surface area contributed by atoms with Gasteiger partial charge in [-0.25, -0.2) is 0 Å². The zero-order valence-corrected chi connectivity index (χ0v) is 14.3. The van der Waals surface area contributed by atoms with Crippen molar-refractivity contribution in [2.75, 3.05) is 7.11 Å². The number of carbonyl (C=O) groups is 1. The molecule has 20 heavy (non-hydrogen) atoms. The Hall–Kier alpha value is -1.31. The van der Waals surface area contributed by atoms with Gasteiger partial charge < -0.3 is 4.74 Å². The second-order valence-corrected chi connectivity index (χ2v) is 4.55. The summed E-state index contributed by atoms with van der Waals surface area (Å²) < 4.78 is 4.46. The highest BCUT2D eigenvalue weighted by molar-refractivity contribution is 5.71. The molecule has 0 aliphatic rings. The standard InChI is InChI=1S/C10H14.C6H12O2.C2H6/c1-3-9(2)10-7-5-4-6-8-10;1-4-5(2)6(7)8-3;1-2/h4-9H,3H2,1-2H3;5H,4H2,1-3H3;1-2H3. The van der Waals surface area contributed by atoms with Crippen LogP contribution in [0.3, 0.4) is 0 Å². The highest BCUT2D eigenvalue weighted by Gasteiger charge is 2.08. The van der Waals surface area contributed by atoms with Crippen LogP contribution in [0.15, 0.2) is 30.3 Å². The molecular weight excluding hydrogens is 248 g/mol. The molecule has 1 aromatic carbocycles. The molecule has 0 aliphatic carbocycles. The number of rotatable bonds is 4. The lowest BCUT2D eigenvalue weighted by Gasteiger charge is -2.06. The van der Waals surface area contributed by atoms with Crippen LogP contribution in [0.5, 0.6) is 0 Å². The van der Waals surface area contributed by atoms with Crippen LogP contribution in [0.4, 0.5) is 0 Å². The van der Waals surface area contributed by atoms with Crippen molar-refractivity contribution in [3.63, 3.8) is 0 Å². The molecule has 0 amide bonds. The number of hydrogen-bond acceptors (Lipinski definition) is 2. The number of methoxy groups -OCH3 is 1. The second-order valence-electron chi connectivity index (χ2n) is 4.55. The van der Waals surface area contributed by atoms with Crippen molar-refractivity contribution in [2.24, 2.45) is 5.92 Å². The minimum atomic E-state index is -0.118. The third kappa shape index (κ3) is 9.60. The highest BCUT2D eigenvalue weighted by atomic mass is 16.5. The van der Waals surface area contributed by atoms with Gasteiger partial charge in [-0.05, 0) is 24.3 Å². The summed E-state index contributed by atoms with van der Waals surface area (Å²) in [4.78, 5) is 10.5. The molecule has 1 rings (SSSR count). The predicted molar refractivity (Wildman–Crippen MR) is 88.0 cm³/mol. The van der Waals surface area contributed by atoms with Crippen molar-refractivity contribution in [3.8, 4) is 0 Å². The van der Waals surface area contributed by atoms with Crippen LogP contribution >= 0.6 is 0 Å². The Balaban J connectivity index is 0. The molecule has 0 bridgehead atoms. The van der Waals surface area contributed by atoms with Gasteiger partial charge in [0.05, 0.1) is 13.0 Å². The first-order chi connectivity index (χ1) is 9.56. The molecule has 2 heteroatoms. The van der Waals surface area contributed by atoms with Crippen molar-refractivity contribution >= 4 is 5.97 Å². The van der Waals surface area contributed by atoms with E-state index in [1.54, 1.807) is 0 Å². The molecule has 0 aromatic heterocycles. The van der Waals surface area contributed by atoms with E-state index in [9.17, 15) is 4.79 Å². The lowest BCUT2D eigenvalue weighted by molar-refractivity contribution is -0.144. The van der Waals surface area contributed by atoms with Crippen LogP contribution < -0.4 is 0 Å². The van der Waals surface area contributed by atoms with E-state index in [0.29, 0.717) is 5.92 Å². The second kappa shape index (κ2) is 14.1. The van der Waals surface area contributed by atoms with E-state index < -0.39 is 0 Å². The van der Waals surface area contributed by atoms with E-state index in [4.69, 9.17) is 0 Å². The van der Waals surface area contributed by atoms with E-state index >= 15 is 0 Å². The molecule has 0 radical (unpaired) electrons. The van der Waals surface area contributed by atoms with Gasteiger partial charge in [0.15, 0.2) is 0 Å². The van der Waals surface area contributed by atoms with Gasteiger partial charge in [-0.15, -0.1) is 0 Å². The lowest BCUT2D eigenvalue weighted by Crippen LogP contribution is -2.10. The van der Waals surface area contributed by atoms with Crippen LogP contribution in [0.1, 0.15) is 65.9 Å². The first-order valence-corrected chi connectivity index (χ1v) is 7.69. The average molecular weight is 280 g/mol. The van der Waals surface area contributed by atoms with Gasteiger partial charge in [-0.3, -0.25) is 4.79 Å². The quantitative estimate of drug-likeness (QED) is 0.687. The third-order valence-corrected chi connectivity index (χ3v) is 3.20. The first-order valence-electron chi connectivity index (χ1n) is 7.69. The number of carbonyl (C=O) groups excluding carboxylic acids is 1. The smallest absolute Gasteiger partial charge is 0.308 e. The van der Waals surface area contributed by atoms with E-state index in [2.05, 4.69) is 48.9 Å². The Bertz CT molecular complexity index is 319. The monoisotopic (exact) mass is 280 g/mol. The summed E-state index contributed by atoms with van der Waals surface area (Å²) in [6, 6.07) is 10.6. The molecule has 2 unspecified atom stereocenters. The Labute approximate surface area is 125 Å². The maximum atomic E-state index is 10.5. The number of hydrogen-bond donors (Lipinski definition) is 0. The zero-order valence-electron chi connectivity index (χ0n) is 14.3.